The van der Waals surface area contributed by atoms with Crippen LogP contribution in [0.15, 0.2) is 121 Å². The van der Waals surface area contributed by atoms with Crippen molar-refractivity contribution in [3.05, 3.63) is 171 Å². The average Bonchev–Trinajstić information content (AvgIpc) is 3.54. The van der Waals surface area contributed by atoms with E-state index >= 15 is 0 Å². The van der Waals surface area contributed by atoms with Gasteiger partial charge in [0, 0.05) is 17.3 Å². The molecular formula is C41H38. The molecule has 0 spiro atoms. The zero-order valence-corrected chi connectivity index (χ0v) is 24.6. The molecule has 0 N–H and O–H groups in total. The van der Waals surface area contributed by atoms with Crippen LogP contribution in [-0.2, 0) is 18.3 Å². The first-order chi connectivity index (χ1) is 20.1. The van der Waals surface area contributed by atoms with Gasteiger partial charge in [0.15, 0.2) is 0 Å². The van der Waals surface area contributed by atoms with E-state index in [9.17, 15) is 0 Å². The first-order valence-electron chi connectivity index (χ1n) is 15.2. The molecule has 0 aromatic heterocycles. The molecule has 5 aromatic carbocycles. The third-order valence-electron chi connectivity index (χ3n) is 9.87. The molecule has 2 aliphatic carbocycles. The van der Waals surface area contributed by atoms with Crippen molar-refractivity contribution in [2.75, 3.05) is 0 Å². The second-order valence-corrected chi connectivity index (χ2v) is 12.0. The standard InChI is InChI=1S/C41H38/c1-5-29-20-22-33-34-23-21-30(6-2)26-38(34)40(37(33)25-29)41(31-15-9-7-10-16-31,32-17-11-8-12-18-32)39-28(4)24-36-27(3)14-13-19-35(36)39/h7-26,39-40H,5-6H2,1-4H3. The SMILES string of the molecule is CCc1ccc2c(c1)C(C(c1ccccc1)(c1ccccc1)C1C(C)=Cc3c(C)cccc31)c1cc(CC)ccc1-2. The Balaban J connectivity index is 1.66. The summed E-state index contributed by atoms with van der Waals surface area (Å²) in [5.41, 5.74) is 16.6. The van der Waals surface area contributed by atoms with Crippen LogP contribution in [0, 0.1) is 6.92 Å². The maximum atomic E-state index is 2.53. The molecule has 1 unspecified atom stereocenters. The van der Waals surface area contributed by atoms with E-state index in [0.717, 1.165) is 12.8 Å². The topological polar surface area (TPSA) is 0 Å². The van der Waals surface area contributed by atoms with Crippen molar-refractivity contribution in [2.24, 2.45) is 0 Å². The summed E-state index contributed by atoms with van der Waals surface area (Å²) < 4.78 is 0. The maximum Gasteiger partial charge on any atom is 0.0418 e. The molecule has 0 bridgehead atoms. The summed E-state index contributed by atoms with van der Waals surface area (Å²) in [7, 11) is 0. The minimum absolute atomic E-state index is 0.162. The Kier molecular flexibility index (Phi) is 6.31. The minimum Gasteiger partial charge on any atom is -0.0639 e. The molecule has 41 heavy (non-hydrogen) atoms. The Hall–Kier alpha value is -4.16. The van der Waals surface area contributed by atoms with Gasteiger partial charge in [0.25, 0.3) is 0 Å². The van der Waals surface area contributed by atoms with Crippen LogP contribution in [0.25, 0.3) is 17.2 Å². The zero-order valence-electron chi connectivity index (χ0n) is 24.6. The van der Waals surface area contributed by atoms with Crippen LogP contribution in [0.5, 0.6) is 0 Å². The van der Waals surface area contributed by atoms with Gasteiger partial charge in [-0.05, 0) is 87.9 Å². The van der Waals surface area contributed by atoms with Gasteiger partial charge in [0.2, 0.25) is 0 Å². The first kappa shape index (κ1) is 25.8. The highest BCUT2D eigenvalue weighted by Crippen LogP contribution is 2.64. The van der Waals surface area contributed by atoms with Crippen molar-refractivity contribution in [3.8, 4) is 11.1 Å². The molecule has 0 heteroatoms. The van der Waals surface area contributed by atoms with E-state index in [2.05, 4.69) is 149 Å². The van der Waals surface area contributed by atoms with Crippen LogP contribution >= 0.6 is 0 Å². The van der Waals surface area contributed by atoms with E-state index in [4.69, 9.17) is 0 Å². The van der Waals surface area contributed by atoms with Crippen LogP contribution in [0.4, 0.5) is 0 Å². The second-order valence-electron chi connectivity index (χ2n) is 12.0. The Morgan fingerprint density at radius 2 is 1.07 bits per heavy atom. The fourth-order valence-electron chi connectivity index (χ4n) is 8.03. The van der Waals surface area contributed by atoms with Crippen molar-refractivity contribution in [1.82, 2.24) is 0 Å². The largest absolute Gasteiger partial charge is 0.0639 e. The summed E-state index contributed by atoms with van der Waals surface area (Å²) in [4.78, 5) is 0. The molecule has 0 saturated carbocycles. The van der Waals surface area contributed by atoms with Crippen LogP contribution in [-0.4, -0.2) is 0 Å². The summed E-state index contributed by atoms with van der Waals surface area (Å²) in [6, 6.07) is 44.3. The van der Waals surface area contributed by atoms with Crippen LogP contribution in [0.3, 0.4) is 0 Å². The van der Waals surface area contributed by atoms with Gasteiger partial charge in [0.1, 0.15) is 0 Å². The average molecular weight is 531 g/mol. The second kappa shape index (κ2) is 10.0. The minimum atomic E-state index is -0.346. The molecule has 0 nitrogen and oxygen atoms in total. The number of benzene rings is 5. The molecule has 0 saturated heterocycles. The van der Waals surface area contributed by atoms with Crippen LogP contribution < -0.4 is 0 Å². The lowest BCUT2D eigenvalue weighted by atomic mass is 9.54. The highest BCUT2D eigenvalue weighted by atomic mass is 14.6. The molecule has 7 rings (SSSR count). The van der Waals surface area contributed by atoms with E-state index in [1.807, 2.05) is 0 Å². The molecule has 202 valence electrons. The molecule has 0 aliphatic heterocycles. The predicted molar refractivity (Wildman–Crippen MR) is 174 cm³/mol. The van der Waals surface area contributed by atoms with Crippen molar-refractivity contribution in [2.45, 2.75) is 57.8 Å². The Bertz CT molecular complexity index is 1680. The Morgan fingerprint density at radius 1 is 0.537 bits per heavy atom. The number of allylic oxidation sites excluding steroid dienone is 1. The Labute approximate surface area is 245 Å². The fraction of sp³-hybridized carbons (Fsp3) is 0.220. The van der Waals surface area contributed by atoms with E-state index in [0.29, 0.717) is 0 Å². The molecule has 1 atom stereocenters. The number of hydrogen-bond acceptors (Lipinski definition) is 0. The van der Waals surface area contributed by atoms with Gasteiger partial charge < -0.3 is 0 Å². The van der Waals surface area contributed by atoms with E-state index in [1.54, 1.807) is 0 Å². The molecule has 0 amide bonds. The number of fused-ring (bicyclic) bond motifs is 4. The molecule has 0 radical (unpaired) electrons. The smallest absolute Gasteiger partial charge is 0.0418 e. The van der Waals surface area contributed by atoms with E-state index in [-0.39, 0.29) is 17.3 Å². The van der Waals surface area contributed by atoms with Gasteiger partial charge in [-0.25, -0.2) is 0 Å². The number of aryl methyl sites for hydroxylation is 3. The fourth-order valence-corrected chi connectivity index (χ4v) is 8.03. The molecule has 2 aliphatic rings. The van der Waals surface area contributed by atoms with Crippen molar-refractivity contribution in [3.63, 3.8) is 0 Å². The lowest BCUT2D eigenvalue weighted by Gasteiger charge is -2.47. The van der Waals surface area contributed by atoms with Gasteiger partial charge in [-0.3, -0.25) is 0 Å². The lowest BCUT2D eigenvalue weighted by molar-refractivity contribution is 0.405. The van der Waals surface area contributed by atoms with Gasteiger partial charge in [-0.1, -0.05) is 141 Å². The monoisotopic (exact) mass is 530 g/mol. The Morgan fingerprint density at radius 3 is 1.59 bits per heavy atom. The van der Waals surface area contributed by atoms with Crippen molar-refractivity contribution < 1.29 is 0 Å². The number of rotatable bonds is 6. The quantitative estimate of drug-likeness (QED) is 0.205. The van der Waals surface area contributed by atoms with Crippen LogP contribution in [0.1, 0.15) is 82.7 Å². The summed E-state index contributed by atoms with van der Waals surface area (Å²) in [6.07, 6.45) is 4.53. The normalized spacial score (nSPS) is 15.8. The third kappa shape index (κ3) is 3.81. The summed E-state index contributed by atoms with van der Waals surface area (Å²) in [6.45, 7) is 9.18. The predicted octanol–water partition coefficient (Wildman–Crippen LogP) is 10.4. The van der Waals surface area contributed by atoms with E-state index in [1.165, 1.54) is 66.8 Å². The number of hydrogen-bond donors (Lipinski definition) is 0. The van der Waals surface area contributed by atoms with E-state index < -0.39 is 0 Å². The van der Waals surface area contributed by atoms with Gasteiger partial charge in [-0.15, -0.1) is 0 Å². The van der Waals surface area contributed by atoms with Crippen LogP contribution in [0.2, 0.25) is 0 Å². The van der Waals surface area contributed by atoms with Gasteiger partial charge in [0.05, 0.1) is 0 Å². The highest BCUT2D eigenvalue weighted by Gasteiger charge is 2.54. The molecule has 0 heterocycles. The summed E-state index contributed by atoms with van der Waals surface area (Å²) >= 11 is 0. The van der Waals surface area contributed by atoms with Gasteiger partial charge in [-0.2, -0.15) is 0 Å². The first-order valence-corrected chi connectivity index (χ1v) is 15.2. The third-order valence-corrected chi connectivity index (χ3v) is 9.87. The van der Waals surface area contributed by atoms with Crippen molar-refractivity contribution in [1.29, 1.82) is 0 Å². The highest BCUT2D eigenvalue weighted by molar-refractivity contribution is 5.83. The summed E-state index contributed by atoms with van der Waals surface area (Å²) in [5, 5.41) is 0. The molecule has 5 aromatic rings. The maximum absolute atomic E-state index is 2.53. The van der Waals surface area contributed by atoms with Gasteiger partial charge >= 0.3 is 0 Å². The lowest BCUT2D eigenvalue weighted by Crippen LogP contribution is -2.41. The summed E-state index contributed by atoms with van der Waals surface area (Å²) in [5.74, 6) is 0.358. The molecule has 0 fully saturated rings. The zero-order chi connectivity index (χ0) is 28.1. The van der Waals surface area contributed by atoms with Crippen molar-refractivity contribution >= 4 is 6.08 Å². The molecular weight excluding hydrogens is 492 g/mol.